The molecule has 1 heterocycles. The van der Waals surface area contributed by atoms with Crippen LogP contribution in [0.4, 0.5) is 4.79 Å². The number of nitrogens with zero attached hydrogens (tertiary/aromatic N) is 2. The number of amides is 1. The Morgan fingerprint density at radius 1 is 1.10 bits per heavy atom. The highest BCUT2D eigenvalue weighted by atomic mass is 32.2. The third kappa shape index (κ3) is 5.99. The Kier molecular flexibility index (Phi) is 7.40. The van der Waals surface area contributed by atoms with Crippen molar-refractivity contribution in [3.05, 3.63) is 17.7 Å². The van der Waals surface area contributed by atoms with Crippen LogP contribution in [0.25, 0.3) is 0 Å². The van der Waals surface area contributed by atoms with Gasteiger partial charge >= 0.3 is 6.09 Å². The van der Waals surface area contributed by atoms with E-state index in [1.807, 2.05) is 6.92 Å². The van der Waals surface area contributed by atoms with E-state index in [0.29, 0.717) is 12.0 Å². The van der Waals surface area contributed by atoms with Crippen LogP contribution in [0.15, 0.2) is 17.0 Å². The van der Waals surface area contributed by atoms with E-state index < -0.39 is 27.5 Å². The van der Waals surface area contributed by atoms with E-state index in [1.54, 1.807) is 20.8 Å². The van der Waals surface area contributed by atoms with Gasteiger partial charge in [0, 0.05) is 32.2 Å². The van der Waals surface area contributed by atoms with E-state index in [0.717, 1.165) is 25.3 Å². The molecule has 1 aliphatic rings. The Morgan fingerprint density at radius 2 is 1.72 bits per heavy atom. The predicted molar refractivity (Wildman–Crippen MR) is 110 cm³/mol. The van der Waals surface area contributed by atoms with Crippen LogP contribution in [0.5, 0.6) is 11.5 Å². The number of phenolic OH excluding ortho intramolecular Hbond substituents is 2. The molecular weight excluding hydrogens is 396 g/mol. The number of hydrogen-bond acceptors (Lipinski definition) is 6. The highest BCUT2D eigenvalue weighted by Crippen LogP contribution is 2.34. The summed E-state index contributed by atoms with van der Waals surface area (Å²) >= 11 is 0. The Hall–Kier alpha value is -2.00. The number of sulfonamides is 1. The number of phenols is 2. The molecule has 1 fully saturated rings. The topological polar surface area (TPSA) is 107 Å². The molecule has 0 aliphatic carbocycles. The molecular formula is C20H32N2O6S. The molecule has 2 N–H and O–H groups in total. The summed E-state index contributed by atoms with van der Waals surface area (Å²) in [5.41, 5.74) is -0.212. The van der Waals surface area contributed by atoms with Crippen molar-refractivity contribution >= 4 is 16.1 Å². The molecule has 1 aromatic carbocycles. The summed E-state index contributed by atoms with van der Waals surface area (Å²) < 4.78 is 33.1. The van der Waals surface area contributed by atoms with E-state index >= 15 is 0 Å². The van der Waals surface area contributed by atoms with Crippen LogP contribution in [0, 0.1) is 0 Å². The summed E-state index contributed by atoms with van der Waals surface area (Å²) in [6, 6.07) is 2.45. The lowest BCUT2D eigenvalue weighted by atomic mass is 10.1. The first-order chi connectivity index (χ1) is 13.5. The van der Waals surface area contributed by atoms with Gasteiger partial charge in [-0.2, -0.15) is 4.31 Å². The number of benzene rings is 1. The molecule has 0 atom stereocenters. The molecule has 1 saturated heterocycles. The van der Waals surface area contributed by atoms with Crippen LogP contribution < -0.4 is 0 Å². The van der Waals surface area contributed by atoms with Gasteiger partial charge < -0.3 is 19.8 Å². The van der Waals surface area contributed by atoms with Crippen molar-refractivity contribution in [1.82, 2.24) is 9.21 Å². The average molecular weight is 429 g/mol. The lowest BCUT2D eigenvalue weighted by Gasteiger charge is -2.35. The van der Waals surface area contributed by atoms with Gasteiger partial charge in [-0.3, -0.25) is 0 Å². The molecule has 164 valence electrons. The van der Waals surface area contributed by atoms with E-state index in [4.69, 9.17) is 4.74 Å². The zero-order valence-electron chi connectivity index (χ0n) is 17.6. The third-order valence-corrected chi connectivity index (χ3v) is 6.70. The number of hydrogen-bond donors (Lipinski definition) is 2. The molecule has 0 radical (unpaired) electrons. The Bertz CT molecular complexity index is 824. The zero-order valence-corrected chi connectivity index (χ0v) is 18.5. The monoisotopic (exact) mass is 428 g/mol. The van der Waals surface area contributed by atoms with E-state index in [-0.39, 0.29) is 36.8 Å². The molecule has 0 spiro atoms. The van der Waals surface area contributed by atoms with Crippen molar-refractivity contribution < 1.29 is 28.2 Å². The number of carbonyl (C=O) groups excluding carboxylic acids is 1. The molecule has 9 heteroatoms. The predicted octanol–water partition coefficient (Wildman–Crippen LogP) is 3.07. The van der Waals surface area contributed by atoms with Crippen LogP contribution in [0.3, 0.4) is 0 Å². The largest absolute Gasteiger partial charge is 0.508 e. The fourth-order valence-electron chi connectivity index (χ4n) is 3.27. The number of unbranched alkanes of at least 4 members (excludes halogenated alkanes) is 2. The van der Waals surface area contributed by atoms with Crippen molar-refractivity contribution in [2.24, 2.45) is 0 Å². The van der Waals surface area contributed by atoms with Crippen LogP contribution in [0.2, 0.25) is 0 Å². The number of piperazine rings is 1. The van der Waals surface area contributed by atoms with Gasteiger partial charge in [-0.25, -0.2) is 13.2 Å². The maximum Gasteiger partial charge on any atom is 0.410 e. The fourth-order valence-corrected chi connectivity index (χ4v) is 4.99. The number of ether oxygens (including phenoxy) is 1. The summed E-state index contributed by atoms with van der Waals surface area (Å²) in [5.74, 6) is -0.617. The minimum Gasteiger partial charge on any atom is -0.508 e. The third-order valence-electron chi connectivity index (χ3n) is 4.67. The van der Waals surface area contributed by atoms with Gasteiger partial charge in [-0.05, 0) is 45.2 Å². The standard InChI is InChI=1S/C20H32N2O6S/c1-5-6-7-8-15-13-16(23)14-17(24)18(15)29(26,27)22-11-9-21(10-12-22)19(25)28-20(2,3)4/h13-14,23-24H,5-12H2,1-4H3. The van der Waals surface area contributed by atoms with Crippen molar-refractivity contribution in [2.75, 3.05) is 26.2 Å². The first-order valence-corrected chi connectivity index (χ1v) is 11.4. The molecule has 1 aliphatic heterocycles. The molecule has 0 saturated carbocycles. The second-order valence-corrected chi connectivity index (χ2v) is 10.2. The number of carbonyl (C=O) groups is 1. The van der Waals surface area contributed by atoms with Gasteiger partial charge in [0.2, 0.25) is 10.0 Å². The van der Waals surface area contributed by atoms with Crippen LogP contribution in [-0.4, -0.2) is 65.7 Å². The van der Waals surface area contributed by atoms with Crippen molar-refractivity contribution in [3.8, 4) is 11.5 Å². The average Bonchev–Trinajstić information content (AvgIpc) is 2.59. The van der Waals surface area contributed by atoms with Gasteiger partial charge in [-0.1, -0.05) is 19.8 Å². The lowest BCUT2D eigenvalue weighted by molar-refractivity contribution is 0.0192. The highest BCUT2D eigenvalue weighted by Gasteiger charge is 2.34. The van der Waals surface area contributed by atoms with Gasteiger partial charge in [0.05, 0.1) is 0 Å². The van der Waals surface area contributed by atoms with Crippen molar-refractivity contribution in [3.63, 3.8) is 0 Å². The lowest BCUT2D eigenvalue weighted by Crippen LogP contribution is -2.51. The molecule has 0 unspecified atom stereocenters. The summed E-state index contributed by atoms with van der Waals surface area (Å²) in [7, 11) is -3.97. The molecule has 0 bridgehead atoms. The zero-order chi connectivity index (χ0) is 21.8. The first kappa shape index (κ1) is 23.3. The maximum absolute atomic E-state index is 13.2. The van der Waals surface area contributed by atoms with E-state index in [1.165, 1.54) is 15.3 Å². The normalized spacial score (nSPS) is 16.1. The van der Waals surface area contributed by atoms with E-state index in [2.05, 4.69) is 0 Å². The molecule has 1 aromatic rings. The van der Waals surface area contributed by atoms with E-state index in [9.17, 15) is 23.4 Å². The second kappa shape index (κ2) is 9.21. The van der Waals surface area contributed by atoms with Crippen molar-refractivity contribution in [1.29, 1.82) is 0 Å². The maximum atomic E-state index is 13.2. The Labute approximate surface area is 173 Å². The minimum absolute atomic E-state index is 0.107. The van der Waals surface area contributed by atoms with Crippen LogP contribution in [-0.2, 0) is 21.2 Å². The van der Waals surface area contributed by atoms with Crippen LogP contribution in [0.1, 0.15) is 52.5 Å². The Balaban J connectivity index is 2.19. The molecule has 0 aromatic heterocycles. The van der Waals surface area contributed by atoms with Gasteiger partial charge in [0.1, 0.15) is 22.0 Å². The summed E-state index contributed by atoms with van der Waals surface area (Å²) in [5, 5.41) is 20.1. The Morgan fingerprint density at radius 3 is 2.28 bits per heavy atom. The highest BCUT2D eigenvalue weighted by molar-refractivity contribution is 7.89. The number of aromatic hydroxyl groups is 2. The van der Waals surface area contributed by atoms with Crippen molar-refractivity contribution in [2.45, 2.75) is 63.9 Å². The summed E-state index contributed by atoms with van der Waals surface area (Å²) in [4.78, 5) is 13.5. The SMILES string of the molecule is CCCCCc1cc(O)cc(O)c1S(=O)(=O)N1CCN(C(=O)OC(C)(C)C)CC1. The van der Waals surface area contributed by atoms with Gasteiger partial charge in [0.25, 0.3) is 0 Å². The molecule has 2 rings (SSSR count). The first-order valence-electron chi connectivity index (χ1n) is 9.98. The van der Waals surface area contributed by atoms with Gasteiger partial charge in [0.15, 0.2) is 0 Å². The quantitative estimate of drug-likeness (QED) is 0.674. The molecule has 29 heavy (non-hydrogen) atoms. The minimum atomic E-state index is -3.97. The smallest absolute Gasteiger partial charge is 0.410 e. The molecule has 1 amide bonds. The fraction of sp³-hybridized carbons (Fsp3) is 0.650. The van der Waals surface area contributed by atoms with Crippen LogP contribution >= 0.6 is 0 Å². The summed E-state index contributed by atoms with van der Waals surface area (Å²) in [6.07, 6.45) is 2.63. The summed E-state index contributed by atoms with van der Waals surface area (Å²) in [6.45, 7) is 8.00. The number of rotatable bonds is 6. The molecule has 8 nitrogen and oxygen atoms in total. The second-order valence-electron chi connectivity index (χ2n) is 8.28. The number of aryl methyl sites for hydroxylation is 1. The van der Waals surface area contributed by atoms with Gasteiger partial charge in [-0.15, -0.1) is 0 Å².